The highest BCUT2D eigenvalue weighted by Crippen LogP contribution is 2.14. The van der Waals surface area contributed by atoms with Crippen molar-refractivity contribution in [2.24, 2.45) is 5.73 Å². The van der Waals surface area contributed by atoms with Crippen molar-refractivity contribution in [3.05, 3.63) is 29.6 Å². The summed E-state index contributed by atoms with van der Waals surface area (Å²) in [6.45, 7) is 0.348. The number of carbonyl (C=O) groups is 2. The van der Waals surface area contributed by atoms with Crippen molar-refractivity contribution in [3.8, 4) is 0 Å². The van der Waals surface area contributed by atoms with Crippen LogP contribution in [0, 0.1) is 5.82 Å². The van der Waals surface area contributed by atoms with Gasteiger partial charge in [-0.3, -0.25) is 4.79 Å². The Morgan fingerprint density at radius 1 is 1.44 bits per heavy atom. The highest BCUT2D eigenvalue weighted by atomic mass is 19.1. The van der Waals surface area contributed by atoms with Crippen molar-refractivity contribution in [1.29, 1.82) is 0 Å². The Hall–Kier alpha value is -1.99. The number of hydrogen-bond acceptors (Lipinski definition) is 4. The van der Waals surface area contributed by atoms with Crippen molar-refractivity contribution in [2.75, 3.05) is 25.1 Å². The number of aromatic carboxylic acids is 1. The molecule has 0 aliphatic heterocycles. The van der Waals surface area contributed by atoms with Crippen LogP contribution in [0.3, 0.4) is 0 Å². The van der Waals surface area contributed by atoms with E-state index in [1.807, 2.05) is 0 Å². The van der Waals surface area contributed by atoms with Gasteiger partial charge in [-0.1, -0.05) is 0 Å². The van der Waals surface area contributed by atoms with Gasteiger partial charge in [-0.15, -0.1) is 0 Å². The first-order valence-electron chi connectivity index (χ1n) is 5.15. The number of nitrogens with two attached hydrogens (primary N) is 1. The summed E-state index contributed by atoms with van der Waals surface area (Å²) in [5.41, 5.74) is 4.86. The molecular weight excluding hydrogens is 243 g/mol. The van der Waals surface area contributed by atoms with Gasteiger partial charge >= 0.3 is 5.97 Å². The molecule has 0 bridgehead atoms. The molecule has 0 aromatic heterocycles. The summed E-state index contributed by atoms with van der Waals surface area (Å²) in [5.74, 6) is -2.73. The van der Waals surface area contributed by atoms with Gasteiger partial charge in [-0.05, 0) is 18.2 Å². The van der Waals surface area contributed by atoms with Gasteiger partial charge in [0.05, 0.1) is 12.2 Å². The van der Waals surface area contributed by atoms with Crippen LogP contribution < -0.4 is 11.1 Å². The second-order valence-electron chi connectivity index (χ2n) is 3.39. The van der Waals surface area contributed by atoms with Gasteiger partial charge in [0, 0.05) is 12.2 Å². The molecule has 4 N–H and O–H groups in total. The molecule has 0 aliphatic rings. The van der Waals surface area contributed by atoms with E-state index < -0.39 is 23.3 Å². The number of benzene rings is 1. The minimum atomic E-state index is -1.40. The normalized spacial score (nSPS) is 10.1. The number of anilines is 1. The van der Waals surface area contributed by atoms with Crippen LogP contribution in [0.15, 0.2) is 18.2 Å². The van der Waals surface area contributed by atoms with Gasteiger partial charge in [0.1, 0.15) is 12.4 Å². The monoisotopic (exact) mass is 256 g/mol. The lowest BCUT2D eigenvalue weighted by Gasteiger charge is -2.07. The van der Waals surface area contributed by atoms with E-state index in [1.54, 1.807) is 0 Å². The van der Waals surface area contributed by atoms with E-state index >= 15 is 0 Å². The number of halogens is 1. The van der Waals surface area contributed by atoms with E-state index in [4.69, 9.17) is 15.6 Å². The quantitative estimate of drug-likeness (QED) is 0.641. The second-order valence-corrected chi connectivity index (χ2v) is 3.39. The first-order valence-corrected chi connectivity index (χ1v) is 5.15. The Morgan fingerprint density at radius 3 is 2.78 bits per heavy atom. The Balaban J connectivity index is 2.65. The highest BCUT2D eigenvalue weighted by Gasteiger charge is 2.11. The van der Waals surface area contributed by atoms with Crippen molar-refractivity contribution >= 4 is 17.6 Å². The standard InChI is InChI=1S/C11H13FN2O4/c12-9-2-1-7(5-8(9)11(16)17)14-10(15)6-18-4-3-13/h1-2,5H,3-4,6,13H2,(H,14,15)(H,16,17). The average Bonchev–Trinajstić information content (AvgIpc) is 2.31. The predicted molar refractivity (Wildman–Crippen MR) is 61.9 cm³/mol. The lowest BCUT2D eigenvalue weighted by Crippen LogP contribution is -2.21. The first-order chi connectivity index (χ1) is 8.54. The number of rotatable bonds is 6. The summed E-state index contributed by atoms with van der Waals surface area (Å²) >= 11 is 0. The lowest BCUT2D eigenvalue weighted by atomic mass is 10.2. The van der Waals surface area contributed by atoms with Crippen molar-refractivity contribution in [2.45, 2.75) is 0 Å². The molecule has 0 saturated carbocycles. The van der Waals surface area contributed by atoms with E-state index in [-0.39, 0.29) is 18.9 Å². The van der Waals surface area contributed by atoms with Crippen LogP contribution in [-0.4, -0.2) is 36.7 Å². The maximum atomic E-state index is 13.1. The van der Waals surface area contributed by atoms with Gasteiger partial charge in [0.15, 0.2) is 0 Å². The van der Waals surface area contributed by atoms with Gasteiger partial charge < -0.3 is 20.9 Å². The Morgan fingerprint density at radius 2 is 2.17 bits per heavy atom. The zero-order chi connectivity index (χ0) is 13.5. The van der Waals surface area contributed by atoms with Crippen LogP contribution in [0.25, 0.3) is 0 Å². The highest BCUT2D eigenvalue weighted by molar-refractivity contribution is 5.94. The van der Waals surface area contributed by atoms with Crippen molar-refractivity contribution in [3.63, 3.8) is 0 Å². The Kier molecular flexibility index (Phi) is 5.22. The van der Waals surface area contributed by atoms with E-state index in [9.17, 15) is 14.0 Å². The molecule has 0 aliphatic carbocycles. The third kappa shape index (κ3) is 4.11. The molecule has 7 heteroatoms. The average molecular weight is 256 g/mol. The molecule has 0 fully saturated rings. The molecule has 0 unspecified atom stereocenters. The van der Waals surface area contributed by atoms with Crippen LogP contribution in [0.2, 0.25) is 0 Å². The molecule has 1 rings (SSSR count). The summed E-state index contributed by atoms with van der Waals surface area (Å²) in [4.78, 5) is 22.0. The van der Waals surface area contributed by atoms with E-state index in [2.05, 4.69) is 5.32 Å². The fourth-order valence-corrected chi connectivity index (χ4v) is 1.21. The summed E-state index contributed by atoms with van der Waals surface area (Å²) in [6, 6.07) is 3.28. The van der Waals surface area contributed by atoms with E-state index in [1.165, 1.54) is 6.07 Å². The number of amides is 1. The summed E-state index contributed by atoms with van der Waals surface area (Å²) in [5, 5.41) is 11.1. The number of carbonyl (C=O) groups excluding carboxylic acids is 1. The number of ether oxygens (including phenoxy) is 1. The fourth-order valence-electron chi connectivity index (χ4n) is 1.21. The molecular formula is C11H13FN2O4. The summed E-state index contributed by atoms with van der Waals surface area (Å²) < 4.78 is 18.0. The molecule has 98 valence electrons. The number of nitrogens with one attached hydrogen (secondary N) is 1. The van der Waals surface area contributed by atoms with Crippen LogP contribution >= 0.6 is 0 Å². The van der Waals surface area contributed by atoms with Crippen LogP contribution in [0.5, 0.6) is 0 Å². The largest absolute Gasteiger partial charge is 0.478 e. The number of hydrogen-bond donors (Lipinski definition) is 3. The van der Waals surface area contributed by atoms with Crippen LogP contribution in [0.1, 0.15) is 10.4 Å². The molecule has 1 amide bonds. The predicted octanol–water partition coefficient (Wildman–Crippen LogP) is 0.438. The maximum Gasteiger partial charge on any atom is 0.338 e. The second kappa shape index (κ2) is 6.67. The van der Waals surface area contributed by atoms with Gasteiger partial charge in [0.25, 0.3) is 0 Å². The number of carboxylic acid groups (broad SMARTS) is 1. The molecule has 0 radical (unpaired) electrons. The minimum Gasteiger partial charge on any atom is -0.478 e. The molecule has 0 heterocycles. The maximum absolute atomic E-state index is 13.1. The smallest absolute Gasteiger partial charge is 0.338 e. The van der Waals surface area contributed by atoms with Gasteiger partial charge in [-0.2, -0.15) is 0 Å². The van der Waals surface area contributed by atoms with Crippen molar-refractivity contribution in [1.82, 2.24) is 0 Å². The summed E-state index contributed by atoms with van der Waals surface area (Å²) in [7, 11) is 0. The van der Waals surface area contributed by atoms with Crippen LogP contribution in [-0.2, 0) is 9.53 Å². The molecule has 0 saturated heterocycles. The first kappa shape index (κ1) is 14.1. The molecule has 0 spiro atoms. The SMILES string of the molecule is NCCOCC(=O)Nc1ccc(F)c(C(=O)O)c1. The van der Waals surface area contributed by atoms with Crippen LogP contribution in [0.4, 0.5) is 10.1 Å². The molecule has 0 atom stereocenters. The third-order valence-electron chi connectivity index (χ3n) is 1.98. The van der Waals surface area contributed by atoms with Gasteiger partial charge in [-0.25, -0.2) is 9.18 Å². The molecule has 1 aromatic carbocycles. The minimum absolute atomic E-state index is 0.190. The zero-order valence-electron chi connectivity index (χ0n) is 9.48. The Labute approximate surface area is 103 Å². The topological polar surface area (TPSA) is 102 Å². The van der Waals surface area contributed by atoms with Crippen molar-refractivity contribution < 1.29 is 23.8 Å². The van der Waals surface area contributed by atoms with Gasteiger partial charge in [0.2, 0.25) is 5.91 Å². The zero-order valence-corrected chi connectivity index (χ0v) is 9.48. The van der Waals surface area contributed by atoms with E-state index in [0.717, 1.165) is 12.1 Å². The molecule has 18 heavy (non-hydrogen) atoms. The number of carboxylic acids is 1. The van der Waals surface area contributed by atoms with E-state index in [0.29, 0.717) is 6.54 Å². The summed E-state index contributed by atoms with van der Waals surface area (Å²) in [6.07, 6.45) is 0. The fraction of sp³-hybridized carbons (Fsp3) is 0.273. The third-order valence-corrected chi connectivity index (χ3v) is 1.98. The Bertz CT molecular complexity index is 451. The molecule has 6 nitrogen and oxygen atoms in total. The lowest BCUT2D eigenvalue weighted by molar-refractivity contribution is -0.120. The molecule has 1 aromatic rings.